The molecule has 0 atom stereocenters. The number of anilines is 1. The molecule has 3 aromatic heterocycles. The van der Waals surface area contributed by atoms with Gasteiger partial charge < -0.3 is 11.1 Å². The van der Waals surface area contributed by atoms with E-state index in [-0.39, 0.29) is 40.0 Å². The molecule has 34 heavy (non-hydrogen) atoms. The predicted octanol–water partition coefficient (Wildman–Crippen LogP) is 4.47. The lowest BCUT2D eigenvalue weighted by molar-refractivity contribution is -0.140. The quantitative estimate of drug-likeness (QED) is 0.429. The monoisotopic (exact) mass is 472 g/mol. The average molecular weight is 472 g/mol. The number of nitrogens with one attached hydrogen (secondary N) is 1. The summed E-state index contributed by atoms with van der Waals surface area (Å²) < 4.78 is 55.7. The second kappa shape index (κ2) is 8.23. The van der Waals surface area contributed by atoms with E-state index in [9.17, 15) is 22.4 Å². The van der Waals surface area contributed by atoms with E-state index in [0.29, 0.717) is 36.9 Å². The lowest BCUT2D eigenvalue weighted by Crippen LogP contribution is -2.37. The first-order valence-electron chi connectivity index (χ1n) is 10.8. The highest BCUT2D eigenvalue weighted by molar-refractivity contribution is 5.95. The number of hydrogen-bond acceptors (Lipinski definition) is 5. The van der Waals surface area contributed by atoms with E-state index in [1.165, 1.54) is 16.9 Å². The molecule has 0 saturated heterocycles. The molecule has 3 N–H and O–H groups in total. The Morgan fingerprint density at radius 1 is 1.12 bits per heavy atom. The number of alkyl halides is 3. The smallest absolute Gasteiger partial charge is 0.398 e. The van der Waals surface area contributed by atoms with Gasteiger partial charge in [-0.1, -0.05) is 0 Å². The van der Waals surface area contributed by atoms with Gasteiger partial charge in [0, 0.05) is 28.9 Å². The zero-order valence-corrected chi connectivity index (χ0v) is 17.8. The number of fused-ring (bicyclic) bond motifs is 2. The molecule has 7 nitrogen and oxygen atoms in total. The molecule has 176 valence electrons. The van der Waals surface area contributed by atoms with E-state index in [4.69, 9.17) is 5.73 Å². The fourth-order valence-electron chi connectivity index (χ4n) is 4.65. The van der Waals surface area contributed by atoms with Crippen LogP contribution in [0.15, 0.2) is 42.9 Å². The Bertz CT molecular complexity index is 1390. The van der Waals surface area contributed by atoms with Crippen molar-refractivity contribution < 1.29 is 22.4 Å². The van der Waals surface area contributed by atoms with Crippen molar-refractivity contribution in [1.82, 2.24) is 24.9 Å². The molecule has 1 saturated carbocycles. The Kier molecular flexibility index (Phi) is 5.34. The number of amides is 1. The van der Waals surface area contributed by atoms with Crippen LogP contribution in [-0.4, -0.2) is 31.5 Å². The SMILES string of the molecule is Nc1cc(C(F)(F)F)nc2ccc(F)c(C3CCC(NC(=O)c4ccc5ncnn5c4)CC3)c12. The van der Waals surface area contributed by atoms with Crippen LogP contribution in [0.25, 0.3) is 16.6 Å². The van der Waals surface area contributed by atoms with Gasteiger partial charge in [0.2, 0.25) is 0 Å². The molecule has 0 bridgehead atoms. The molecule has 1 amide bonds. The second-order valence-corrected chi connectivity index (χ2v) is 8.45. The van der Waals surface area contributed by atoms with Crippen LogP contribution in [-0.2, 0) is 6.18 Å². The number of carbonyl (C=O) groups excluding carboxylic acids is 1. The number of aromatic nitrogens is 4. The Hall–Kier alpha value is -3.76. The third kappa shape index (κ3) is 4.02. The van der Waals surface area contributed by atoms with Gasteiger partial charge in [-0.05, 0) is 61.9 Å². The molecule has 1 fully saturated rings. The Labute approximate surface area is 191 Å². The number of nitrogens with zero attached hydrogens (tertiary/aromatic N) is 4. The number of hydrogen-bond donors (Lipinski definition) is 2. The van der Waals surface area contributed by atoms with E-state index < -0.39 is 17.7 Å². The van der Waals surface area contributed by atoms with Crippen molar-refractivity contribution >= 4 is 28.1 Å². The Balaban J connectivity index is 1.33. The highest BCUT2D eigenvalue weighted by Crippen LogP contribution is 2.41. The number of halogens is 4. The molecular weight excluding hydrogens is 452 g/mol. The van der Waals surface area contributed by atoms with Crippen molar-refractivity contribution in [3.8, 4) is 0 Å². The van der Waals surface area contributed by atoms with Gasteiger partial charge in [0.15, 0.2) is 5.65 Å². The fraction of sp³-hybridized carbons (Fsp3) is 0.304. The summed E-state index contributed by atoms with van der Waals surface area (Å²) in [5, 5.41) is 7.24. The molecule has 1 aromatic carbocycles. The molecule has 1 aliphatic rings. The van der Waals surface area contributed by atoms with E-state index in [1.54, 1.807) is 18.3 Å². The third-order valence-corrected chi connectivity index (χ3v) is 6.29. The Morgan fingerprint density at radius 3 is 2.62 bits per heavy atom. The molecule has 0 radical (unpaired) electrons. The van der Waals surface area contributed by atoms with Crippen LogP contribution in [0.3, 0.4) is 0 Å². The molecular formula is C23H20F4N6O. The van der Waals surface area contributed by atoms with Crippen LogP contribution in [0, 0.1) is 5.82 Å². The van der Waals surface area contributed by atoms with Crippen LogP contribution in [0.4, 0.5) is 23.2 Å². The van der Waals surface area contributed by atoms with Crippen LogP contribution in [0.5, 0.6) is 0 Å². The van der Waals surface area contributed by atoms with Crippen LogP contribution < -0.4 is 11.1 Å². The largest absolute Gasteiger partial charge is 0.433 e. The fourth-order valence-corrected chi connectivity index (χ4v) is 4.65. The maximum absolute atomic E-state index is 14.9. The predicted molar refractivity (Wildman–Crippen MR) is 117 cm³/mol. The number of pyridine rings is 2. The molecule has 1 aliphatic carbocycles. The lowest BCUT2D eigenvalue weighted by atomic mass is 9.80. The Morgan fingerprint density at radius 2 is 1.88 bits per heavy atom. The maximum Gasteiger partial charge on any atom is 0.433 e. The van der Waals surface area contributed by atoms with Crippen LogP contribution in [0.1, 0.15) is 53.2 Å². The van der Waals surface area contributed by atoms with Gasteiger partial charge in [-0.2, -0.15) is 18.3 Å². The number of nitrogens with two attached hydrogens (primary N) is 1. The van der Waals surface area contributed by atoms with Crippen molar-refractivity contribution in [2.45, 2.75) is 43.8 Å². The summed E-state index contributed by atoms with van der Waals surface area (Å²) in [7, 11) is 0. The standard InChI is InChI=1S/C23H20F4N6O/c24-15-6-7-17-21(16(28)9-18(32-17)23(25,26)27)20(15)12-1-4-14(5-2-12)31-22(34)13-3-8-19-29-11-30-33(19)10-13/h3,6-12,14H,1-2,4-5H2,(H2,28,32)(H,31,34). The first kappa shape index (κ1) is 22.1. The first-order valence-corrected chi connectivity index (χ1v) is 10.8. The summed E-state index contributed by atoms with van der Waals surface area (Å²) in [6.45, 7) is 0. The van der Waals surface area contributed by atoms with Gasteiger partial charge in [0.1, 0.15) is 17.8 Å². The summed E-state index contributed by atoms with van der Waals surface area (Å²) in [4.78, 5) is 20.4. The summed E-state index contributed by atoms with van der Waals surface area (Å²) >= 11 is 0. The number of nitrogen functional groups attached to an aromatic ring is 1. The van der Waals surface area contributed by atoms with Gasteiger partial charge in [-0.25, -0.2) is 18.9 Å². The first-order chi connectivity index (χ1) is 16.2. The summed E-state index contributed by atoms with van der Waals surface area (Å²) in [5.74, 6) is -1.01. The summed E-state index contributed by atoms with van der Waals surface area (Å²) in [6.07, 6.45) is 0.618. The van der Waals surface area contributed by atoms with E-state index in [1.807, 2.05) is 0 Å². The van der Waals surface area contributed by atoms with Gasteiger partial charge in [0.25, 0.3) is 5.91 Å². The topological polar surface area (TPSA) is 98.2 Å². The number of carbonyl (C=O) groups is 1. The zero-order chi connectivity index (χ0) is 24.0. The van der Waals surface area contributed by atoms with Crippen molar-refractivity contribution in [1.29, 1.82) is 0 Å². The van der Waals surface area contributed by atoms with Crippen molar-refractivity contribution in [3.05, 3.63) is 65.5 Å². The molecule has 11 heteroatoms. The lowest BCUT2D eigenvalue weighted by Gasteiger charge is -2.30. The zero-order valence-electron chi connectivity index (χ0n) is 17.8. The third-order valence-electron chi connectivity index (χ3n) is 6.29. The average Bonchev–Trinajstić information content (AvgIpc) is 3.27. The second-order valence-electron chi connectivity index (χ2n) is 8.45. The maximum atomic E-state index is 14.9. The van der Waals surface area contributed by atoms with E-state index >= 15 is 0 Å². The summed E-state index contributed by atoms with van der Waals surface area (Å²) in [5.41, 5.74) is 6.07. The van der Waals surface area contributed by atoms with Gasteiger partial charge in [-0.3, -0.25) is 4.79 Å². The van der Waals surface area contributed by atoms with E-state index in [0.717, 1.165) is 12.1 Å². The molecule has 3 heterocycles. The summed E-state index contributed by atoms with van der Waals surface area (Å²) in [6, 6.07) is 6.37. The van der Waals surface area contributed by atoms with Crippen molar-refractivity contribution in [3.63, 3.8) is 0 Å². The number of rotatable bonds is 3. The highest BCUT2D eigenvalue weighted by atomic mass is 19.4. The van der Waals surface area contributed by atoms with Crippen molar-refractivity contribution in [2.75, 3.05) is 5.73 Å². The van der Waals surface area contributed by atoms with E-state index in [2.05, 4.69) is 20.4 Å². The van der Waals surface area contributed by atoms with Gasteiger partial charge in [0.05, 0.1) is 11.1 Å². The normalized spacial score (nSPS) is 18.9. The highest BCUT2D eigenvalue weighted by Gasteiger charge is 2.34. The van der Waals surface area contributed by atoms with Gasteiger partial charge in [-0.15, -0.1) is 0 Å². The molecule has 4 aromatic rings. The molecule has 0 unspecified atom stereocenters. The number of benzene rings is 1. The molecule has 0 aliphatic heterocycles. The minimum atomic E-state index is -4.65. The molecule has 0 spiro atoms. The van der Waals surface area contributed by atoms with Crippen LogP contribution in [0.2, 0.25) is 0 Å². The minimum absolute atomic E-state index is 0.0163. The van der Waals surface area contributed by atoms with Crippen LogP contribution >= 0.6 is 0 Å². The van der Waals surface area contributed by atoms with Gasteiger partial charge >= 0.3 is 6.18 Å². The van der Waals surface area contributed by atoms with Crippen molar-refractivity contribution in [2.24, 2.45) is 0 Å². The molecule has 5 rings (SSSR count). The minimum Gasteiger partial charge on any atom is -0.398 e.